The Hall–Kier alpha value is -1.84. The number of carbonyl (C=O) groups is 2. The quantitative estimate of drug-likeness (QED) is 0.927. The van der Waals surface area contributed by atoms with Gasteiger partial charge in [0.05, 0.1) is 0 Å². The minimum Gasteiger partial charge on any atom is -0.359 e. The number of hydrogen-bond donors (Lipinski definition) is 1. The Morgan fingerprint density at radius 2 is 2.05 bits per heavy atom. The summed E-state index contributed by atoms with van der Waals surface area (Å²) in [6.07, 6.45) is 1.34. The molecule has 0 aromatic heterocycles. The Kier molecular flexibility index (Phi) is 4.35. The number of nitrogens with zero attached hydrogens (tertiary/aromatic N) is 1. The fourth-order valence-corrected chi connectivity index (χ4v) is 2.51. The third-order valence-corrected chi connectivity index (χ3v) is 4.29. The van der Waals surface area contributed by atoms with E-state index in [2.05, 4.69) is 12.2 Å². The molecule has 0 bridgehead atoms. The maximum absolute atomic E-state index is 12.5. The molecule has 0 radical (unpaired) electrons. The maximum Gasteiger partial charge on any atom is 0.242 e. The van der Waals surface area contributed by atoms with Gasteiger partial charge in [-0.3, -0.25) is 9.59 Å². The normalized spacial score (nSPS) is 16.4. The van der Waals surface area contributed by atoms with Crippen LogP contribution in [0.3, 0.4) is 0 Å². The number of para-hydroxylation sites is 1. The van der Waals surface area contributed by atoms with Crippen LogP contribution < -0.4 is 10.2 Å². The van der Waals surface area contributed by atoms with Gasteiger partial charge in [0.2, 0.25) is 5.91 Å². The summed E-state index contributed by atoms with van der Waals surface area (Å²) >= 11 is 0. The number of carbonyl (C=O) groups excluding carboxylic acids is 2. The van der Waals surface area contributed by atoms with Gasteiger partial charge in [0.15, 0.2) is 5.78 Å². The average Bonchev–Trinajstić information content (AvgIpc) is 2.47. The highest BCUT2D eigenvalue weighted by atomic mass is 16.2. The molecule has 0 aliphatic carbocycles. The topological polar surface area (TPSA) is 49.4 Å². The first-order chi connectivity index (χ1) is 9.85. The van der Waals surface area contributed by atoms with Crippen molar-refractivity contribution < 1.29 is 9.59 Å². The molecule has 1 unspecified atom stereocenters. The van der Waals surface area contributed by atoms with Crippen molar-refractivity contribution in [3.05, 3.63) is 29.8 Å². The van der Waals surface area contributed by atoms with Crippen LogP contribution in [-0.2, 0) is 4.79 Å². The van der Waals surface area contributed by atoms with Crippen LogP contribution in [0.25, 0.3) is 0 Å². The van der Waals surface area contributed by atoms with Gasteiger partial charge in [-0.15, -0.1) is 0 Å². The third-order valence-electron chi connectivity index (χ3n) is 4.29. The molecule has 4 nitrogen and oxygen atoms in total. The van der Waals surface area contributed by atoms with E-state index in [1.165, 1.54) is 0 Å². The zero-order valence-electron chi connectivity index (χ0n) is 13.3. The summed E-state index contributed by atoms with van der Waals surface area (Å²) in [6.45, 7) is 8.58. The van der Waals surface area contributed by atoms with E-state index in [1.807, 2.05) is 49.9 Å². The van der Waals surface area contributed by atoms with Crippen LogP contribution in [0.5, 0.6) is 0 Å². The minimum absolute atomic E-state index is 0.00556. The van der Waals surface area contributed by atoms with Gasteiger partial charge in [-0.25, -0.2) is 0 Å². The number of amides is 1. The standard InChI is InChI=1S/C17H24N2O2/c1-5-17(3,4)18-16(21)12(2)19-11-10-15(20)13-8-6-7-9-14(13)19/h6-9,12H,5,10-11H2,1-4H3,(H,18,21). The molecule has 1 atom stereocenters. The van der Waals surface area contributed by atoms with Gasteiger partial charge in [-0.2, -0.15) is 0 Å². The number of hydrogen-bond acceptors (Lipinski definition) is 3. The number of rotatable bonds is 4. The third kappa shape index (κ3) is 3.26. The summed E-state index contributed by atoms with van der Waals surface area (Å²) in [6, 6.07) is 7.24. The van der Waals surface area contributed by atoms with Crippen molar-refractivity contribution in [3.8, 4) is 0 Å². The molecule has 1 aliphatic rings. The molecule has 21 heavy (non-hydrogen) atoms. The van der Waals surface area contributed by atoms with E-state index in [4.69, 9.17) is 0 Å². The summed E-state index contributed by atoms with van der Waals surface area (Å²) < 4.78 is 0. The molecule has 1 aliphatic heterocycles. The van der Waals surface area contributed by atoms with Crippen LogP contribution in [0.2, 0.25) is 0 Å². The Labute approximate surface area is 126 Å². The highest BCUT2D eigenvalue weighted by Crippen LogP contribution is 2.28. The molecular formula is C17H24N2O2. The lowest BCUT2D eigenvalue weighted by molar-refractivity contribution is -0.123. The van der Waals surface area contributed by atoms with Crippen LogP contribution in [-0.4, -0.2) is 29.8 Å². The SMILES string of the molecule is CCC(C)(C)NC(=O)C(C)N1CCC(=O)c2ccccc21. The van der Waals surface area contributed by atoms with E-state index in [0.717, 1.165) is 17.7 Å². The van der Waals surface area contributed by atoms with Crippen molar-refractivity contribution in [1.29, 1.82) is 0 Å². The summed E-state index contributed by atoms with van der Waals surface area (Å²) in [5.74, 6) is 0.161. The van der Waals surface area contributed by atoms with Crippen LogP contribution in [0.4, 0.5) is 5.69 Å². The first kappa shape index (κ1) is 15.5. The summed E-state index contributed by atoms with van der Waals surface area (Å²) in [4.78, 5) is 26.5. The van der Waals surface area contributed by atoms with Crippen LogP contribution in [0.1, 0.15) is 50.9 Å². The van der Waals surface area contributed by atoms with E-state index >= 15 is 0 Å². The van der Waals surface area contributed by atoms with E-state index in [0.29, 0.717) is 13.0 Å². The zero-order valence-corrected chi connectivity index (χ0v) is 13.3. The fourth-order valence-electron chi connectivity index (χ4n) is 2.51. The van der Waals surface area contributed by atoms with Gasteiger partial charge in [0, 0.05) is 29.8 Å². The first-order valence-electron chi connectivity index (χ1n) is 7.56. The summed E-state index contributed by atoms with van der Waals surface area (Å²) in [5, 5.41) is 3.08. The second kappa shape index (κ2) is 5.88. The van der Waals surface area contributed by atoms with Gasteiger partial charge in [0.25, 0.3) is 0 Å². The second-order valence-corrected chi connectivity index (χ2v) is 6.29. The Morgan fingerprint density at radius 1 is 1.38 bits per heavy atom. The maximum atomic E-state index is 12.5. The number of benzene rings is 1. The van der Waals surface area contributed by atoms with Crippen molar-refractivity contribution in [2.75, 3.05) is 11.4 Å². The van der Waals surface area contributed by atoms with Gasteiger partial charge in [0.1, 0.15) is 6.04 Å². The molecule has 1 aromatic rings. The van der Waals surface area contributed by atoms with Crippen molar-refractivity contribution in [3.63, 3.8) is 0 Å². The monoisotopic (exact) mass is 288 g/mol. The number of nitrogens with one attached hydrogen (secondary N) is 1. The predicted molar refractivity (Wildman–Crippen MR) is 84.7 cm³/mol. The molecule has 2 rings (SSSR count). The molecule has 1 N–H and O–H groups in total. The highest BCUT2D eigenvalue weighted by Gasteiger charge is 2.31. The van der Waals surface area contributed by atoms with Gasteiger partial charge in [-0.1, -0.05) is 19.1 Å². The van der Waals surface area contributed by atoms with Gasteiger partial charge in [-0.05, 0) is 39.3 Å². The Bertz CT molecular complexity index is 551. The Morgan fingerprint density at radius 3 is 2.71 bits per heavy atom. The number of anilines is 1. The van der Waals surface area contributed by atoms with Crippen LogP contribution >= 0.6 is 0 Å². The predicted octanol–water partition coefficient (Wildman–Crippen LogP) is 2.77. The summed E-state index contributed by atoms with van der Waals surface area (Å²) in [5.41, 5.74) is 1.38. The van der Waals surface area contributed by atoms with Crippen molar-refractivity contribution >= 4 is 17.4 Å². The summed E-state index contributed by atoms with van der Waals surface area (Å²) in [7, 11) is 0. The fraction of sp³-hybridized carbons (Fsp3) is 0.529. The highest BCUT2D eigenvalue weighted by molar-refractivity contribution is 6.04. The van der Waals surface area contributed by atoms with Crippen molar-refractivity contribution in [1.82, 2.24) is 5.32 Å². The number of ketones is 1. The lowest BCUT2D eigenvalue weighted by Gasteiger charge is -2.36. The van der Waals surface area contributed by atoms with Gasteiger partial charge < -0.3 is 10.2 Å². The molecule has 0 saturated heterocycles. The van der Waals surface area contributed by atoms with Gasteiger partial charge >= 0.3 is 0 Å². The largest absolute Gasteiger partial charge is 0.359 e. The molecule has 1 aromatic carbocycles. The molecule has 1 heterocycles. The first-order valence-corrected chi connectivity index (χ1v) is 7.56. The molecule has 0 saturated carbocycles. The molecule has 0 spiro atoms. The van der Waals surface area contributed by atoms with E-state index < -0.39 is 0 Å². The Balaban J connectivity index is 2.21. The molecule has 114 valence electrons. The van der Waals surface area contributed by atoms with E-state index in [-0.39, 0.29) is 23.3 Å². The van der Waals surface area contributed by atoms with Crippen molar-refractivity contribution in [2.24, 2.45) is 0 Å². The van der Waals surface area contributed by atoms with Crippen LogP contribution in [0, 0.1) is 0 Å². The number of Topliss-reactive ketones (excluding diaryl/α,β-unsaturated/α-hetero) is 1. The number of fused-ring (bicyclic) bond motifs is 1. The molecule has 1 amide bonds. The smallest absolute Gasteiger partial charge is 0.242 e. The molecule has 4 heteroatoms. The average molecular weight is 288 g/mol. The molecular weight excluding hydrogens is 264 g/mol. The zero-order chi connectivity index (χ0) is 15.6. The minimum atomic E-state index is -0.287. The van der Waals surface area contributed by atoms with Crippen molar-refractivity contribution in [2.45, 2.75) is 52.1 Å². The lowest BCUT2D eigenvalue weighted by Crippen LogP contribution is -2.53. The second-order valence-electron chi connectivity index (χ2n) is 6.29. The lowest BCUT2D eigenvalue weighted by atomic mass is 9.98. The van der Waals surface area contributed by atoms with E-state index in [1.54, 1.807) is 0 Å². The van der Waals surface area contributed by atoms with E-state index in [9.17, 15) is 9.59 Å². The van der Waals surface area contributed by atoms with Crippen LogP contribution in [0.15, 0.2) is 24.3 Å². The molecule has 0 fully saturated rings.